The molecule has 0 heterocycles. The Hall–Kier alpha value is 0.0500. The molecule has 3 N–H and O–H groups in total. The molecule has 0 amide bonds. The molecule has 0 aliphatic carbocycles. The summed E-state index contributed by atoms with van der Waals surface area (Å²) in [4.78, 5) is 44.6. The zero-order chi connectivity index (χ0) is 22.4. The fraction of sp³-hybridized carbons (Fsp3) is 0.900. The Morgan fingerprint density at radius 1 is 0.633 bits per heavy atom. The summed E-state index contributed by atoms with van der Waals surface area (Å²) in [6.07, 6.45) is 14.3. The molecule has 0 atom stereocenters. The van der Waals surface area contributed by atoms with Crippen LogP contribution in [0.5, 0.6) is 0 Å². The number of carbonyl (C=O) groups excluding carboxylic acids is 2. The van der Waals surface area contributed by atoms with Crippen molar-refractivity contribution in [2.45, 2.75) is 104 Å². The number of rotatable bonds is 17. The van der Waals surface area contributed by atoms with E-state index in [1.807, 2.05) is 0 Å². The Morgan fingerprint density at radius 2 is 0.900 bits per heavy atom. The minimum atomic E-state index is -4.64. The van der Waals surface area contributed by atoms with Crippen LogP contribution in [0, 0.1) is 0 Å². The molecular formula is C20H42NaO8P. The number of ether oxygens (including phenoxy) is 2. The summed E-state index contributed by atoms with van der Waals surface area (Å²) in [5.74, 6) is -0.583. The Kier molecular flexibility index (Phi) is 29.2. The Morgan fingerprint density at radius 3 is 1.20 bits per heavy atom. The maximum absolute atomic E-state index is 11.5. The van der Waals surface area contributed by atoms with Crippen LogP contribution in [0.15, 0.2) is 0 Å². The van der Waals surface area contributed by atoms with Crippen molar-refractivity contribution >= 4 is 49.3 Å². The number of carbonyl (C=O) groups is 2. The van der Waals surface area contributed by atoms with Crippen molar-refractivity contribution in [3.8, 4) is 0 Å². The van der Waals surface area contributed by atoms with Crippen molar-refractivity contribution in [1.29, 1.82) is 0 Å². The van der Waals surface area contributed by atoms with Gasteiger partial charge in [-0.05, 0) is 12.8 Å². The molecule has 8 nitrogen and oxygen atoms in total. The van der Waals surface area contributed by atoms with Crippen LogP contribution in [0.4, 0.5) is 0 Å². The van der Waals surface area contributed by atoms with Crippen LogP contribution in [0.2, 0.25) is 0 Å². The summed E-state index contributed by atoms with van der Waals surface area (Å²) in [5, 5.41) is 0. The average Bonchev–Trinajstić information content (AvgIpc) is 2.63. The summed E-state index contributed by atoms with van der Waals surface area (Å²) in [7, 11) is -4.64. The third-order valence-electron chi connectivity index (χ3n) is 4.06. The van der Waals surface area contributed by atoms with Gasteiger partial charge in [-0.15, -0.1) is 0 Å². The fourth-order valence-electron chi connectivity index (χ4n) is 2.49. The first kappa shape index (κ1) is 34.7. The molecule has 30 heavy (non-hydrogen) atoms. The van der Waals surface area contributed by atoms with Crippen LogP contribution in [0.25, 0.3) is 0 Å². The number of hydrogen-bond acceptors (Lipinski definition) is 5. The molecule has 0 spiro atoms. The van der Waals surface area contributed by atoms with Crippen molar-refractivity contribution in [2.24, 2.45) is 0 Å². The predicted molar refractivity (Wildman–Crippen MR) is 119 cm³/mol. The van der Waals surface area contributed by atoms with Gasteiger partial charge in [-0.1, -0.05) is 78.1 Å². The van der Waals surface area contributed by atoms with E-state index in [4.69, 9.17) is 28.7 Å². The summed E-state index contributed by atoms with van der Waals surface area (Å²) in [6, 6.07) is 0. The standard InChI is InChI=1S/C20H38O4.Na.H3O4P.H/c1-3-5-7-9-11-13-17-23-19(21)15-16-20(22)24-18-14-12-10-8-6-4-2;;1-5(2,3)4;/h3-18H2,1-2H3;;(H3,1,2,3,4);. The molecular weight excluding hydrogens is 422 g/mol. The molecule has 0 bridgehead atoms. The second kappa shape index (κ2) is 25.3. The van der Waals surface area contributed by atoms with E-state index in [0.717, 1.165) is 25.7 Å². The van der Waals surface area contributed by atoms with E-state index in [1.54, 1.807) is 0 Å². The summed E-state index contributed by atoms with van der Waals surface area (Å²) >= 11 is 0. The molecule has 0 fully saturated rings. The Bertz CT molecular complexity index is 404. The third-order valence-corrected chi connectivity index (χ3v) is 4.06. The zero-order valence-electron chi connectivity index (χ0n) is 18.1. The number of esters is 2. The number of hydrogen-bond donors (Lipinski definition) is 3. The van der Waals surface area contributed by atoms with Gasteiger partial charge in [0, 0.05) is 0 Å². The van der Waals surface area contributed by atoms with Gasteiger partial charge in [-0.25, -0.2) is 4.57 Å². The van der Waals surface area contributed by atoms with Crippen LogP contribution in [-0.2, 0) is 23.6 Å². The van der Waals surface area contributed by atoms with Gasteiger partial charge < -0.3 is 24.2 Å². The van der Waals surface area contributed by atoms with E-state index >= 15 is 0 Å². The SMILES string of the molecule is CCCCCCCCOC(=O)CCC(=O)OCCCCCCCC.O=P(O)(O)O.[NaH]. The molecule has 0 aliphatic heterocycles. The fourth-order valence-corrected chi connectivity index (χ4v) is 2.49. The molecule has 0 aromatic heterocycles. The van der Waals surface area contributed by atoms with Crippen LogP contribution < -0.4 is 0 Å². The van der Waals surface area contributed by atoms with Crippen LogP contribution in [0.3, 0.4) is 0 Å². The first-order chi connectivity index (χ1) is 13.7. The molecule has 0 saturated heterocycles. The van der Waals surface area contributed by atoms with Crippen LogP contribution in [0.1, 0.15) is 104 Å². The molecule has 0 saturated carbocycles. The quantitative estimate of drug-likeness (QED) is 0.127. The molecule has 0 rings (SSSR count). The van der Waals surface area contributed by atoms with Crippen LogP contribution >= 0.6 is 7.82 Å². The molecule has 0 aromatic carbocycles. The number of unbranched alkanes of at least 4 members (excludes halogenated alkanes) is 10. The van der Waals surface area contributed by atoms with E-state index in [-0.39, 0.29) is 54.3 Å². The van der Waals surface area contributed by atoms with Crippen molar-refractivity contribution in [1.82, 2.24) is 0 Å². The summed E-state index contributed by atoms with van der Waals surface area (Å²) in [6.45, 7) is 5.33. The summed E-state index contributed by atoms with van der Waals surface area (Å²) < 4.78 is 19.1. The maximum atomic E-state index is 11.5. The van der Waals surface area contributed by atoms with Crippen molar-refractivity contribution in [2.75, 3.05) is 13.2 Å². The van der Waals surface area contributed by atoms with Gasteiger partial charge in [0.05, 0.1) is 26.1 Å². The zero-order valence-corrected chi connectivity index (χ0v) is 19.0. The van der Waals surface area contributed by atoms with Crippen molar-refractivity contribution in [3.05, 3.63) is 0 Å². The van der Waals surface area contributed by atoms with Crippen molar-refractivity contribution < 1.29 is 38.3 Å². The molecule has 0 unspecified atom stereocenters. The predicted octanol–water partition coefficient (Wildman–Crippen LogP) is 4.00. The van der Waals surface area contributed by atoms with E-state index < -0.39 is 7.82 Å². The molecule has 0 aliphatic rings. The molecule has 0 radical (unpaired) electrons. The Labute approximate surface area is 204 Å². The van der Waals surface area contributed by atoms with Gasteiger partial charge in [-0.2, -0.15) is 0 Å². The van der Waals surface area contributed by atoms with Gasteiger partial charge in [0.15, 0.2) is 0 Å². The van der Waals surface area contributed by atoms with E-state index in [1.165, 1.54) is 51.4 Å². The molecule has 10 heteroatoms. The molecule has 176 valence electrons. The van der Waals surface area contributed by atoms with E-state index in [9.17, 15) is 9.59 Å². The summed E-state index contributed by atoms with van der Waals surface area (Å²) in [5.41, 5.74) is 0. The van der Waals surface area contributed by atoms with E-state index in [2.05, 4.69) is 13.8 Å². The van der Waals surface area contributed by atoms with Gasteiger partial charge >= 0.3 is 49.3 Å². The van der Waals surface area contributed by atoms with E-state index in [0.29, 0.717) is 13.2 Å². The van der Waals surface area contributed by atoms with Crippen molar-refractivity contribution in [3.63, 3.8) is 0 Å². The van der Waals surface area contributed by atoms with Gasteiger partial charge in [0.25, 0.3) is 0 Å². The average molecular weight is 465 g/mol. The number of phosphoric acid groups is 1. The van der Waals surface area contributed by atoms with Crippen LogP contribution in [-0.4, -0.2) is 69.4 Å². The van der Waals surface area contributed by atoms with Gasteiger partial charge in [0.2, 0.25) is 0 Å². The third kappa shape index (κ3) is 38.6. The first-order valence-electron chi connectivity index (χ1n) is 10.8. The molecule has 0 aromatic rings. The monoisotopic (exact) mass is 464 g/mol. The van der Waals surface area contributed by atoms with Gasteiger partial charge in [-0.3, -0.25) is 9.59 Å². The second-order valence-electron chi connectivity index (χ2n) is 6.99. The second-order valence-corrected chi connectivity index (χ2v) is 8.02. The normalized spacial score (nSPS) is 10.4. The topological polar surface area (TPSA) is 130 Å². The minimum absolute atomic E-state index is 0. The first-order valence-corrected chi connectivity index (χ1v) is 12.4. The van der Waals surface area contributed by atoms with Gasteiger partial charge in [0.1, 0.15) is 0 Å². The Balaban J connectivity index is -0.00000108.